The third-order valence-corrected chi connectivity index (χ3v) is 4.28. The lowest BCUT2D eigenvalue weighted by molar-refractivity contribution is 0.0927. The zero-order valence-electron chi connectivity index (χ0n) is 11.3. The highest BCUT2D eigenvalue weighted by Crippen LogP contribution is 2.27. The van der Waals surface area contributed by atoms with Crippen molar-refractivity contribution < 1.29 is 4.79 Å². The maximum absolute atomic E-state index is 12.3. The van der Waals surface area contributed by atoms with Gasteiger partial charge in [-0.25, -0.2) is 0 Å². The van der Waals surface area contributed by atoms with Crippen LogP contribution in [0.5, 0.6) is 0 Å². The molecule has 1 aromatic heterocycles. The molecule has 1 atom stereocenters. The lowest BCUT2D eigenvalue weighted by Crippen LogP contribution is -2.37. The van der Waals surface area contributed by atoms with E-state index in [0.29, 0.717) is 5.92 Å². The molecule has 1 aliphatic rings. The van der Waals surface area contributed by atoms with Crippen LogP contribution in [0.15, 0.2) is 30.5 Å². The fraction of sp³-hybridized carbons (Fsp3) is 0.438. The summed E-state index contributed by atoms with van der Waals surface area (Å²) in [5.41, 5.74) is 1.82. The molecule has 1 unspecified atom stereocenters. The Morgan fingerprint density at radius 3 is 2.89 bits per heavy atom. The van der Waals surface area contributed by atoms with Gasteiger partial charge in [0.15, 0.2) is 0 Å². The van der Waals surface area contributed by atoms with E-state index in [1.165, 1.54) is 25.7 Å². The summed E-state index contributed by atoms with van der Waals surface area (Å²) in [6, 6.07) is 8.06. The minimum atomic E-state index is 0.0440. The third kappa shape index (κ3) is 2.50. The molecule has 1 fully saturated rings. The topological polar surface area (TPSA) is 44.9 Å². The second-order valence-corrected chi connectivity index (χ2v) is 5.59. The standard InChI is InChI=1S/C16H20N2O/c1-11(12-4-2-3-5-12)18-16(19)14-6-7-15-13(10-14)8-9-17-15/h6-12,17H,2-5H2,1H3,(H,18,19). The van der Waals surface area contributed by atoms with Crippen LogP contribution in [-0.4, -0.2) is 16.9 Å². The van der Waals surface area contributed by atoms with E-state index in [9.17, 15) is 4.79 Å². The van der Waals surface area contributed by atoms with Gasteiger partial charge in [0.1, 0.15) is 0 Å². The van der Waals surface area contributed by atoms with Crippen LogP contribution in [0.3, 0.4) is 0 Å². The van der Waals surface area contributed by atoms with Gasteiger partial charge in [-0.15, -0.1) is 0 Å². The SMILES string of the molecule is CC(NC(=O)c1ccc2[nH]ccc2c1)C1CCCC1. The highest BCUT2D eigenvalue weighted by Gasteiger charge is 2.23. The molecule has 0 aliphatic heterocycles. The van der Waals surface area contributed by atoms with E-state index < -0.39 is 0 Å². The Balaban J connectivity index is 1.71. The molecule has 0 radical (unpaired) electrons. The summed E-state index contributed by atoms with van der Waals surface area (Å²) in [4.78, 5) is 15.4. The van der Waals surface area contributed by atoms with Crippen LogP contribution in [0.1, 0.15) is 43.0 Å². The molecule has 0 bridgehead atoms. The van der Waals surface area contributed by atoms with Crippen molar-refractivity contribution in [3.63, 3.8) is 0 Å². The second kappa shape index (κ2) is 5.08. The monoisotopic (exact) mass is 256 g/mol. The van der Waals surface area contributed by atoms with Crippen molar-refractivity contribution in [1.29, 1.82) is 0 Å². The molecule has 0 saturated heterocycles. The summed E-state index contributed by atoms with van der Waals surface area (Å²) in [5, 5.41) is 4.23. The largest absolute Gasteiger partial charge is 0.361 e. The lowest BCUT2D eigenvalue weighted by atomic mass is 9.99. The summed E-state index contributed by atoms with van der Waals surface area (Å²) in [7, 11) is 0. The molecule has 3 heteroatoms. The maximum Gasteiger partial charge on any atom is 0.251 e. The van der Waals surface area contributed by atoms with Crippen molar-refractivity contribution in [2.24, 2.45) is 5.92 Å². The molecule has 1 aromatic carbocycles. The number of amides is 1. The van der Waals surface area contributed by atoms with E-state index in [0.717, 1.165) is 16.5 Å². The Bertz CT molecular complexity index is 581. The van der Waals surface area contributed by atoms with E-state index in [4.69, 9.17) is 0 Å². The summed E-state index contributed by atoms with van der Waals surface area (Å²) in [5.74, 6) is 0.697. The number of benzene rings is 1. The van der Waals surface area contributed by atoms with Gasteiger partial charge < -0.3 is 10.3 Å². The molecule has 0 spiro atoms. The summed E-state index contributed by atoms with van der Waals surface area (Å²) in [6.07, 6.45) is 7.00. The van der Waals surface area contributed by atoms with E-state index in [2.05, 4.69) is 17.2 Å². The van der Waals surface area contributed by atoms with Gasteiger partial charge in [0.25, 0.3) is 5.91 Å². The Kier molecular flexibility index (Phi) is 3.28. The van der Waals surface area contributed by atoms with Gasteiger partial charge in [-0.05, 0) is 49.9 Å². The predicted octanol–water partition coefficient (Wildman–Crippen LogP) is 3.48. The van der Waals surface area contributed by atoms with Gasteiger partial charge in [0.2, 0.25) is 0 Å². The Morgan fingerprint density at radius 2 is 2.11 bits per heavy atom. The normalized spacial score (nSPS) is 17.7. The maximum atomic E-state index is 12.3. The molecule has 100 valence electrons. The number of carbonyl (C=O) groups is 1. The minimum absolute atomic E-state index is 0.0440. The lowest BCUT2D eigenvalue weighted by Gasteiger charge is -2.20. The first-order valence-electron chi connectivity index (χ1n) is 7.12. The molecule has 1 aliphatic carbocycles. The summed E-state index contributed by atoms with van der Waals surface area (Å²) >= 11 is 0. The van der Waals surface area contributed by atoms with Gasteiger partial charge in [-0.2, -0.15) is 0 Å². The molecule has 1 heterocycles. The number of rotatable bonds is 3. The number of carbonyl (C=O) groups excluding carboxylic acids is 1. The second-order valence-electron chi connectivity index (χ2n) is 5.59. The van der Waals surface area contributed by atoms with Crippen LogP contribution < -0.4 is 5.32 Å². The number of aromatic nitrogens is 1. The van der Waals surface area contributed by atoms with Crippen molar-refractivity contribution in [3.05, 3.63) is 36.0 Å². The molecule has 3 rings (SSSR count). The van der Waals surface area contributed by atoms with E-state index in [-0.39, 0.29) is 11.9 Å². The smallest absolute Gasteiger partial charge is 0.251 e. The average Bonchev–Trinajstić information content (AvgIpc) is 3.09. The molecule has 2 aromatic rings. The van der Waals surface area contributed by atoms with Crippen molar-refractivity contribution in [3.8, 4) is 0 Å². The Hall–Kier alpha value is -1.77. The van der Waals surface area contributed by atoms with Crippen LogP contribution in [0, 0.1) is 5.92 Å². The number of aromatic amines is 1. The molecule has 1 saturated carbocycles. The van der Waals surface area contributed by atoms with Crippen LogP contribution in [-0.2, 0) is 0 Å². The minimum Gasteiger partial charge on any atom is -0.361 e. The fourth-order valence-electron chi connectivity index (χ4n) is 3.06. The van der Waals surface area contributed by atoms with E-state index in [1.807, 2.05) is 30.5 Å². The molecule has 3 nitrogen and oxygen atoms in total. The van der Waals surface area contributed by atoms with E-state index >= 15 is 0 Å². The number of hydrogen-bond acceptors (Lipinski definition) is 1. The highest BCUT2D eigenvalue weighted by atomic mass is 16.1. The van der Waals surface area contributed by atoms with Crippen LogP contribution >= 0.6 is 0 Å². The number of H-pyrrole nitrogens is 1. The van der Waals surface area contributed by atoms with Crippen LogP contribution in [0.2, 0.25) is 0 Å². The van der Waals surface area contributed by atoms with Gasteiger partial charge >= 0.3 is 0 Å². The molecular weight excluding hydrogens is 236 g/mol. The summed E-state index contributed by atoms with van der Waals surface area (Å²) in [6.45, 7) is 2.13. The number of nitrogens with one attached hydrogen (secondary N) is 2. The Labute approximate surface area is 113 Å². The first kappa shape index (κ1) is 12.3. The van der Waals surface area contributed by atoms with Crippen molar-refractivity contribution in [1.82, 2.24) is 10.3 Å². The fourth-order valence-corrected chi connectivity index (χ4v) is 3.06. The van der Waals surface area contributed by atoms with Crippen LogP contribution in [0.25, 0.3) is 10.9 Å². The molecule has 19 heavy (non-hydrogen) atoms. The highest BCUT2D eigenvalue weighted by molar-refractivity contribution is 5.98. The zero-order valence-corrected chi connectivity index (χ0v) is 11.3. The zero-order chi connectivity index (χ0) is 13.2. The Morgan fingerprint density at radius 1 is 1.32 bits per heavy atom. The van der Waals surface area contributed by atoms with Crippen molar-refractivity contribution in [2.75, 3.05) is 0 Å². The number of hydrogen-bond donors (Lipinski definition) is 2. The molecule has 2 N–H and O–H groups in total. The molecule has 1 amide bonds. The van der Waals surface area contributed by atoms with Gasteiger partial charge in [0, 0.05) is 28.7 Å². The van der Waals surface area contributed by atoms with E-state index in [1.54, 1.807) is 0 Å². The quantitative estimate of drug-likeness (QED) is 0.867. The summed E-state index contributed by atoms with van der Waals surface area (Å²) < 4.78 is 0. The van der Waals surface area contributed by atoms with Crippen LogP contribution in [0.4, 0.5) is 0 Å². The first-order valence-corrected chi connectivity index (χ1v) is 7.12. The van der Waals surface area contributed by atoms with Gasteiger partial charge in [-0.3, -0.25) is 4.79 Å². The first-order chi connectivity index (χ1) is 9.24. The van der Waals surface area contributed by atoms with Crippen molar-refractivity contribution >= 4 is 16.8 Å². The third-order valence-electron chi connectivity index (χ3n) is 4.28. The molecular formula is C16H20N2O. The van der Waals surface area contributed by atoms with Gasteiger partial charge in [0.05, 0.1) is 0 Å². The number of fused-ring (bicyclic) bond motifs is 1. The van der Waals surface area contributed by atoms with Crippen molar-refractivity contribution in [2.45, 2.75) is 38.6 Å². The predicted molar refractivity (Wildman–Crippen MR) is 77.2 cm³/mol. The average molecular weight is 256 g/mol. The van der Waals surface area contributed by atoms with Gasteiger partial charge in [-0.1, -0.05) is 12.8 Å².